The molecule has 132 valence electrons. The molecule has 24 heavy (non-hydrogen) atoms. The SMILES string of the molecule is COc1cc(C)ccc1OCCN1CCC2(CC1)CC(=O)N(C)C2. The molecule has 1 aromatic rings. The van der Waals surface area contributed by atoms with Crippen LogP contribution in [0.15, 0.2) is 18.2 Å². The second-order valence-corrected chi connectivity index (χ2v) is 7.27. The molecule has 0 unspecified atom stereocenters. The number of hydrogen-bond donors (Lipinski definition) is 0. The van der Waals surface area contributed by atoms with E-state index in [4.69, 9.17) is 9.47 Å². The van der Waals surface area contributed by atoms with Gasteiger partial charge in [0.05, 0.1) is 7.11 Å². The van der Waals surface area contributed by atoms with E-state index in [2.05, 4.69) is 4.90 Å². The molecule has 0 aromatic heterocycles. The predicted molar refractivity (Wildman–Crippen MR) is 93.6 cm³/mol. The molecular weight excluding hydrogens is 304 g/mol. The summed E-state index contributed by atoms with van der Waals surface area (Å²) in [4.78, 5) is 16.2. The highest BCUT2D eigenvalue weighted by atomic mass is 16.5. The van der Waals surface area contributed by atoms with Crippen LogP contribution in [0.5, 0.6) is 11.5 Å². The fraction of sp³-hybridized carbons (Fsp3) is 0.632. The lowest BCUT2D eigenvalue weighted by atomic mass is 9.77. The zero-order valence-corrected chi connectivity index (χ0v) is 15.0. The number of nitrogens with zero attached hydrogens (tertiary/aromatic N) is 2. The number of carbonyl (C=O) groups is 1. The summed E-state index contributed by atoms with van der Waals surface area (Å²) in [6.45, 7) is 6.64. The van der Waals surface area contributed by atoms with Crippen LogP contribution < -0.4 is 9.47 Å². The van der Waals surface area contributed by atoms with Crippen LogP contribution in [0.25, 0.3) is 0 Å². The molecule has 1 amide bonds. The largest absolute Gasteiger partial charge is 0.493 e. The summed E-state index contributed by atoms with van der Waals surface area (Å²) >= 11 is 0. The number of hydrogen-bond acceptors (Lipinski definition) is 4. The molecule has 5 nitrogen and oxygen atoms in total. The molecular formula is C19H28N2O3. The van der Waals surface area contributed by atoms with Crippen LogP contribution in [0.2, 0.25) is 0 Å². The van der Waals surface area contributed by atoms with Crippen molar-refractivity contribution in [1.82, 2.24) is 9.80 Å². The number of benzene rings is 1. The number of ether oxygens (including phenoxy) is 2. The topological polar surface area (TPSA) is 42.0 Å². The molecule has 0 saturated carbocycles. The Kier molecular flexibility index (Phi) is 4.99. The lowest BCUT2D eigenvalue weighted by molar-refractivity contribution is -0.126. The lowest BCUT2D eigenvalue weighted by Crippen LogP contribution is -2.42. The third-order valence-electron chi connectivity index (χ3n) is 5.43. The smallest absolute Gasteiger partial charge is 0.222 e. The van der Waals surface area contributed by atoms with Crippen LogP contribution in [0.3, 0.4) is 0 Å². The van der Waals surface area contributed by atoms with Gasteiger partial charge < -0.3 is 14.4 Å². The van der Waals surface area contributed by atoms with Gasteiger partial charge in [-0.25, -0.2) is 0 Å². The van der Waals surface area contributed by atoms with E-state index in [9.17, 15) is 4.79 Å². The lowest BCUT2D eigenvalue weighted by Gasteiger charge is -2.38. The van der Waals surface area contributed by atoms with Crippen molar-refractivity contribution in [2.45, 2.75) is 26.2 Å². The molecule has 2 aliphatic rings. The number of rotatable bonds is 5. The van der Waals surface area contributed by atoms with Crippen LogP contribution in [0.1, 0.15) is 24.8 Å². The molecule has 2 heterocycles. The van der Waals surface area contributed by atoms with Crippen LogP contribution in [-0.2, 0) is 4.79 Å². The number of methoxy groups -OCH3 is 1. The molecule has 0 N–H and O–H groups in total. The van der Waals surface area contributed by atoms with Gasteiger partial charge >= 0.3 is 0 Å². The third kappa shape index (κ3) is 3.66. The molecule has 0 aliphatic carbocycles. The first kappa shape index (κ1) is 17.1. The molecule has 3 rings (SSSR count). The Balaban J connectivity index is 1.45. The van der Waals surface area contributed by atoms with Crippen molar-refractivity contribution in [3.8, 4) is 11.5 Å². The Morgan fingerprint density at radius 3 is 2.58 bits per heavy atom. The predicted octanol–water partition coefficient (Wildman–Crippen LogP) is 2.33. The average Bonchev–Trinajstić information content (AvgIpc) is 2.84. The highest BCUT2D eigenvalue weighted by molar-refractivity contribution is 5.79. The summed E-state index contributed by atoms with van der Waals surface area (Å²) in [6, 6.07) is 6.00. The van der Waals surface area contributed by atoms with Crippen molar-refractivity contribution in [2.24, 2.45) is 5.41 Å². The monoisotopic (exact) mass is 332 g/mol. The standard InChI is InChI=1S/C19H28N2O3/c1-15-4-5-16(17(12-15)23-3)24-11-10-21-8-6-19(7-9-21)13-18(22)20(2)14-19/h4-5,12H,6-11,13-14H2,1-3H3. The third-order valence-corrected chi connectivity index (χ3v) is 5.43. The summed E-state index contributed by atoms with van der Waals surface area (Å²) < 4.78 is 11.3. The van der Waals surface area contributed by atoms with Crippen molar-refractivity contribution in [1.29, 1.82) is 0 Å². The van der Waals surface area contributed by atoms with Crippen molar-refractivity contribution in [2.75, 3.05) is 46.9 Å². The minimum atomic E-state index is 0.226. The van der Waals surface area contributed by atoms with Crippen LogP contribution in [-0.4, -0.2) is 62.7 Å². The summed E-state index contributed by atoms with van der Waals surface area (Å²) in [5.41, 5.74) is 1.39. The van der Waals surface area contributed by atoms with Crippen LogP contribution in [0, 0.1) is 12.3 Å². The Hall–Kier alpha value is -1.75. The van der Waals surface area contributed by atoms with Gasteiger partial charge in [0.25, 0.3) is 0 Å². The van der Waals surface area contributed by atoms with Gasteiger partial charge in [0.2, 0.25) is 5.91 Å². The zero-order valence-electron chi connectivity index (χ0n) is 15.0. The summed E-state index contributed by atoms with van der Waals surface area (Å²) in [7, 11) is 3.60. The first-order chi connectivity index (χ1) is 11.5. The molecule has 0 radical (unpaired) electrons. The summed E-state index contributed by atoms with van der Waals surface area (Å²) in [5, 5.41) is 0. The van der Waals surface area contributed by atoms with E-state index >= 15 is 0 Å². The first-order valence-corrected chi connectivity index (χ1v) is 8.75. The molecule has 2 saturated heterocycles. The maximum Gasteiger partial charge on any atom is 0.222 e. The maximum absolute atomic E-state index is 11.8. The molecule has 0 atom stereocenters. The minimum Gasteiger partial charge on any atom is -0.493 e. The maximum atomic E-state index is 11.8. The molecule has 5 heteroatoms. The molecule has 1 spiro atoms. The number of amides is 1. The van der Waals surface area contributed by atoms with Crippen LogP contribution >= 0.6 is 0 Å². The van der Waals surface area contributed by atoms with Gasteiger partial charge in [-0.1, -0.05) is 6.07 Å². The highest BCUT2D eigenvalue weighted by Gasteiger charge is 2.43. The van der Waals surface area contributed by atoms with Crippen molar-refractivity contribution >= 4 is 5.91 Å². The average molecular weight is 332 g/mol. The number of carbonyl (C=O) groups excluding carboxylic acids is 1. The first-order valence-electron chi connectivity index (χ1n) is 8.75. The summed E-state index contributed by atoms with van der Waals surface area (Å²) in [5.74, 6) is 1.90. The fourth-order valence-electron chi connectivity index (χ4n) is 3.87. The zero-order chi connectivity index (χ0) is 17.2. The van der Waals surface area contributed by atoms with E-state index in [1.807, 2.05) is 37.1 Å². The van der Waals surface area contributed by atoms with E-state index in [1.165, 1.54) is 0 Å². The van der Waals surface area contributed by atoms with Crippen molar-refractivity contribution < 1.29 is 14.3 Å². The van der Waals surface area contributed by atoms with E-state index in [0.717, 1.165) is 62.5 Å². The van der Waals surface area contributed by atoms with E-state index < -0.39 is 0 Å². The molecule has 2 fully saturated rings. The molecule has 2 aliphatic heterocycles. The normalized spacial score (nSPS) is 20.6. The van der Waals surface area contributed by atoms with Gasteiger partial charge in [0.15, 0.2) is 11.5 Å². The van der Waals surface area contributed by atoms with Crippen molar-refractivity contribution in [3.05, 3.63) is 23.8 Å². The second kappa shape index (κ2) is 7.01. The summed E-state index contributed by atoms with van der Waals surface area (Å²) in [6.07, 6.45) is 2.95. The van der Waals surface area contributed by atoms with E-state index in [1.54, 1.807) is 7.11 Å². The molecule has 1 aromatic carbocycles. The van der Waals surface area contributed by atoms with E-state index in [0.29, 0.717) is 12.5 Å². The minimum absolute atomic E-state index is 0.226. The second-order valence-electron chi connectivity index (χ2n) is 7.27. The molecule has 0 bridgehead atoms. The van der Waals surface area contributed by atoms with Gasteiger partial charge in [-0.2, -0.15) is 0 Å². The van der Waals surface area contributed by atoms with Gasteiger partial charge in [-0.15, -0.1) is 0 Å². The van der Waals surface area contributed by atoms with Crippen LogP contribution in [0.4, 0.5) is 0 Å². The quantitative estimate of drug-likeness (QED) is 0.830. The highest BCUT2D eigenvalue weighted by Crippen LogP contribution is 2.40. The fourth-order valence-corrected chi connectivity index (χ4v) is 3.87. The van der Waals surface area contributed by atoms with Gasteiger partial charge in [0.1, 0.15) is 6.61 Å². The number of piperidine rings is 1. The van der Waals surface area contributed by atoms with Crippen molar-refractivity contribution in [3.63, 3.8) is 0 Å². The van der Waals surface area contributed by atoms with Gasteiger partial charge in [-0.3, -0.25) is 9.69 Å². The number of likely N-dealkylation sites (tertiary alicyclic amines) is 2. The Bertz CT molecular complexity index is 594. The number of aryl methyl sites for hydroxylation is 1. The Morgan fingerprint density at radius 2 is 1.96 bits per heavy atom. The van der Waals surface area contributed by atoms with E-state index in [-0.39, 0.29) is 5.41 Å². The Labute approximate surface area is 144 Å². The van der Waals surface area contributed by atoms with Gasteiger partial charge in [-0.05, 0) is 56.0 Å². The Morgan fingerprint density at radius 1 is 1.21 bits per heavy atom. The van der Waals surface area contributed by atoms with Gasteiger partial charge in [0, 0.05) is 26.6 Å².